The Labute approximate surface area is 230 Å². The van der Waals surface area contributed by atoms with Crippen molar-refractivity contribution >= 4 is 21.9 Å². The smallest absolute Gasteiger partial charge is 1.00 e. The molecule has 3 unspecified atom stereocenters. The molecule has 3 aliphatic carbocycles. The molecule has 175 valence electrons. The van der Waals surface area contributed by atoms with E-state index in [-0.39, 0.29) is 24.8 Å². The monoisotopic (exact) mass is 683 g/mol. The number of halogens is 3. The maximum atomic E-state index is 6.86. The third-order valence-electron chi connectivity index (χ3n) is 8.28. The van der Waals surface area contributed by atoms with Crippen LogP contribution in [0.4, 0.5) is 0 Å². The molecule has 0 aliphatic heterocycles. The van der Waals surface area contributed by atoms with Crippen LogP contribution in [0.25, 0.3) is 5.57 Å². The summed E-state index contributed by atoms with van der Waals surface area (Å²) >= 11 is 5.80. The van der Waals surface area contributed by atoms with Gasteiger partial charge in [-0.1, -0.05) is 0 Å². The summed E-state index contributed by atoms with van der Waals surface area (Å²) in [6, 6.07) is 9.28. The predicted molar refractivity (Wildman–Crippen MR) is 134 cm³/mol. The minimum absolute atomic E-state index is 0. The summed E-state index contributed by atoms with van der Waals surface area (Å²) in [4.78, 5) is 0. The fraction of sp³-hybridized carbons (Fsp3) is 0.429. The number of hydrogen-bond acceptors (Lipinski definition) is 0. The van der Waals surface area contributed by atoms with Crippen LogP contribution in [-0.2, 0) is 22.1 Å². The Bertz CT molecular complexity index is 1130. The minimum Gasteiger partial charge on any atom is -1.00 e. The molecule has 0 aromatic heterocycles. The van der Waals surface area contributed by atoms with E-state index in [1.165, 1.54) is 33.4 Å². The van der Waals surface area contributed by atoms with Gasteiger partial charge in [0.15, 0.2) is 0 Å². The molecule has 0 saturated heterocycles. The molecule has 33 heavy (non-hydrogen) atoms. The first-order valence-electron chi connectivity index (χ1n) is 11.4. The van der Waals surface area contributed by atoms with Gasteiger partial charge in [0.25, 0.3) is 0 Å². The maximum absolute atomic E-state index is 6.86. The van der Waals surface area contributed by atoms with Gasteiger partial charge in [-0.3, -0.25) is 0 Å². The van der Waals surface area contributed by atoms with E-state index in [1.54, 1.807) is 33.4 Å². The second-order valence-corrected chi connectivity index (χ2v) is 29.4. The molecule has 3 aliphatic rings. The van der Waals surface area contributed by atoms with Gasteiger partial charge in [0.1, 0.15) is 0 Å². The number of benzene rings is 1. The van der Waals surface area contributed by atoms with Crippen LogP contribution in [0.15, 0.2) is 74.4 Å². The van der Waals surface area contributed by atoms with Gasteiger partial charge in [0.2, 0.25) is 0 Å². The first kappa shape index (κ1) is 29.1. The second kappa shape index (κ2) is 10.9. The zero-order chi connectivity index (χ0) is 22.8. The number of rotatable bonds is 4. The van der Waals surface area contributed by atoms with Crippen LogP contribution >= 0.6 is 11.1 Å². The molecule has 0 amide bonds. The number of hydrogen-bond donors (Lipinski definition) is 0. The molecule has 0 N–H and O–H groups in total. The van der Waals surface area contributed by atoms with Gasteiger partial charge in [0, 0.05) is 0 Å². The van der Waals surface area contributed by atoms with Gasteiger partial charge in [-0.25, -0.2) is 0 Å². The Morgan fingerprint density at radius 1 is 0.727 bits per heavy atom. The van der Waals surface area contributed by atoms with E-state index in [1.807, 2.05) is 0 Å². The van der Waals surface area contributed by atoms with Crippen molar-refractivity contribution in [2.75, 3.05) is 0 Å². The van der Waals surface area contributed by atoms with Crippen LogP contribution in [0, 0.1) is 11.8 Å². The largest absolute Gasteiger partial charge is 1.00 e. The standard InChI is InChI=1S/C27H31.CH3ClSi.2ClH.Hf/c1-14-15(2)19(6)25(18(14)5)24-13-22-11-9-10-12-23(22)27(24)26-20(7)16(3)17(4)21(26)8;1-3-2;;;/h9-13,18,20H,1-8H3;1H3;2*1H;/q;;;;+2/p-2. The molecule has 0 nitrogen and oxygen atoms in total. The average molecular weight is 684 g/mol. The molecule has 0 bridgehead atoms. The van der Waals surface area contributed by atoms with Crippen molar-refractivity contribution in [3.05, 3.63) is 85.6 Å². The van der Waals surface area contributed by atoms with Gasteiger partial charge in [-0.05, 0) is 0 Å². The molecule has 0 saturated carbocycles. The van der Waals surface area contributed by atoms with E-state index >= 15 is 0 Å². The summed E-state index contributed by atoms with van der Waals surface area (Å²) in [5.74, 6) is 0.987. The van der Waals surface area contributed by atoms with Gasteiger partial charge >= 0.3 is 207 Å². The van der Waals surface area contributed by atoms with E-state index in [0.717, 1.165) is 0 Å². The third kappa shape index (κ3) is 4.57. The molecule has 4 rings (SSSR count). The van der Waals surface area contributed by atoms with Gasteiger partial charge in [-0.2, -0.15) is 0 Å². The van der Waals surface area contributed by atoms with Crippen LogP contribution < -0.4 is 24.8 Å². The molecule has 1 radical (unpaired) electrons. The van der Waals surface area contributed by atoms with E-state index in [2.05, 4.69) is 86.2 Å². The first-order valence-corrected chi connectivity index (χ1v) is 21.9. The Morgan fingerprint density at radius 2 is 1.21 bits per heavy atom. The van der Waals surface area contributed by atoms with Crippen molar-refractivity contribution in [3.8, 4) is 0 Å². The van der Waals surface area contributed by atoms with E-state index in [9.17, 15) is 0 Å². The normalized spacial score (nSPS) is 24.6. The SMILES string of the molecule is CC1=C(C)C(C)C(C2=C(C3=C(C)C(C)=C(C)C3C)[CH]([Hf+2][Si](C)Cl)c3ccccc32)=C1C.[Cl-].[Cl-]. The molecular weight excluding hydrogens is 649 g/mol. The number of fused-ring (bicyclic) bond motifs is 1. The minimum atomic E-state index is -1.05. The van der Waals surface area contributed by atoms with Gasteiger partial charge in [-0.15, -0.1) is 0 Å². The van der Waals surface area contributed by atoms with Crippen LogP contribution in [0.2, 0.25) is 6.55 Å². The molecule has 1 aromatic rings. The molecular formula is C28H34Cl3HfSi. The van der Waals surface area contributed by atoms with E-state index < -0.39 is 27.4 Å². The van der Waals surface area contributed by atoms with Crippen molar-refractivity contribution in [1.82, 2.24) is 0 Å². The van der Waals surface area contributed by atoms with Crippen LogP contribution in [0.1, 0.15) is 70.2 Å². The van der Waals surface area contributed by atoms with Crippen LogP contribution in [0.5, 0.6) is 0 Å². The summed E-state index contributed by atoms with van der Waals surface area (Å²) in [5.41, 5.74) is 18.6. The quantitative estimate of drug-likeness (QED) is 0.339. The van der Waals surface area contributed by atoms with Crippen LogP contribution in [-0.4, -0.2) is 5.29 Å². The van der Waals surface area contributed by atoms with Crippen molar-refractivity contribution < 1.29 is 46.9 Å². The fourth-order valence-electron chi connectivity index (χ4n) is 5.92. The zero-order valence-corrected chi connectivity index (χ0v) is 28.0. The average Bonchev–Trinajstić information content (AvgIpc) is 3.21. The fourth-order valence-corrected chi connectivity index (χ4v) is 18.8. The third-order valence-corrected chi connectivity index (χ3v) is 21.2. The number of allylic oxidation sites excluding steroid dienone is 10. The summed E-state index contributed by atoms with van der Waals surface area (Å²) < 4.78 is 0.599. The van der Waals surface area contributed by atoms with Crippen molar-refractivity contribution in [1.29, 1.82) is 0 Å². The van der Waals surface area contributed by atoms with Gasteiger partial charge < -0.3 is 24.8 Å². The summed E-state index contributed by atoms with van der Waals surface area (Å²) in [5, 5.41) is -0.706. The molecule has 0 fully saturated rings. The van der Waals surface area contributed by atoms with E-state index in [0.29, 0.717) is 15.5 Å². The summed E-state index contributed by atoms with van der Waals surface area (Å²) in [6.45, 7) is 21.2. The predicted octanol–water partition coefficient (Wildman–Crippen LogP) is 2.55. The summed E-state index contributed by atoms with van der Waals surface area (Å²) in [7, 11) is 0. The van der Waals surface area contributed by atoms with Gasteiger partial charge in [0.05, 0.1) is 0 Å². The van der Waals surface area contributed by atoms with Crippen molar-refractivity contribution in [2.24, 2.45) is 11.8 Å². The Morgan fingerprint density at radius 3 is 1.67 bits per heavy atom. The second-order valence-electron chi connectivity index (χ2n) is 9.62. The summed E-state index contributed by atoms with van der Waals surface area (Å²) in [6.07, 6.45) is 0. The molecule has 3 atom stereocenters. The van der Waals surface area contributed by atoms with Crippen molar-refractivity contribution in [2.45, 2.75) is 65.6 Å². The Balaban J connectivity index is 0.00000193. The Hall–Kier alpha value is -0.123. The molecule has 0 heterocycles. The van der Waals surface area contributed by atoms with Crippen LogP contribution in [0.3, 0.4) is 0 Å². The molecule has 1 aromatic carbocycles. The van der Waals surface area contributed by atoms with E-state index in [4.69, 9.17) is 11.1 Å². The first-order chi connectivity index (χ1) is 14.6. The maximum Gasteiger partial charge on any atom is -1.00 e. The zero-order valence-electron chi connectivity index (χ0n) is 21.2. The van der Waals surface area contributed by atoms with Crippen molar-refractivity contribution in [3.63, 3.8) is 0 Å². The molecule has 5 heteroatoms. The topological polar surface area (TPSA) is 0 Å². The Kier molecular flexibility index (Phi) is 9.59. The molecule has 0 spiro atoms.